The summed E-state index contributed by atoms with van der Waals surface area (Å²) in [4.78, 5) is 28.1. The van der Waals surface area contributed by atoms with Gasteiger partial charge in [0.15, 0.2) is 0 Å². The molecule has 1 atom stereocenters. The van der Waals surface area contributed by atoms with Gasteiger partial charge in [0.05, 0.1) is 17.7 Å². The number of rotatable bonds is 12. The largest absolute Gasteiger partial charge is 0.497 e. The Morgan fingerprint density at radius 1 is 0.974 bits per heavy atom. The summed E-state index contributed by atoms with van der Waals surface area (Å²) in [6.07, 6.45) is 0.734. The quantitative estimate of drug-likeness (QED) is 0.354. The van der Waals surface area contributed by atoms with Gasteiger partial charge in [-0.3, -0.25) is 13.9 Å². The number of amides is 2. The van der Waals surface area contributed by atoms with Gasteiger partial charge in [0.2, 0.25) is 11.8 Å². The molecule has 0 saturated heterocycles. The fourth-order valence-corrected chi connectivity index (χ4v) is 5.42. The summed E-state index contributed by atoms with van der Waals surface area (Å²) in [6.45, 7) is 3.50. The summed E-state index contributed by atoms with van der Waals surface area (Å²) >= 11 is 6.37. The summed E-state index contributed by atoms with van der Waals surface area (Å²) < 4.78 is 33.7. The number of methoxy groups -OCH3 is 1. The van der Waals surface area contributed by atoms with Crippen LogP contribution in [0.1, 0.15) is 25.8 Å². The second-order valence-corrected chi connectivity index (χ2v) is 10.9. The normalized spacial score (nSPS) is 11.9. The Hall–Kier alpha value is -3.56. The van der Waals surface area contributed by atoms with E-state index < -0.39 is 28.5 Å². The zero-order valence-corrected chi connectivity index (χ0v) is 23.2. The Morgan fingerprint density at radius 2 is 1.61 bits per heavy atom. The van der Waals surface area contributed by atoms with Gasteiger partial charge in [0.25, 0.3) is 10.0 Å². The first-order valence-electron chi connectivity index (χ1n) is 12.2. The van der Waals surface area contributed by atoms with E-state index in [0.717, 1.165) is 10.7 Å². The Kier molecular flexibility index (Phi) is 10.2. The lowest BCUT2D eigenvalue weighted by Gasteiger charge is -2.32. The monoisotopic (exact) mass is 557 g/mol. The lowest BCUT2D eigenvalue weighted by molar-refractivity contribution is -0.139. The number of nitrogens with one attached hydrogen (secondary N) is 1. The van der Waals surface area contributed by atoms with Gasteiger partial charge in [0, 0.05) is 18.1 Å². The molecule has 10 heteroatoms. The minimum Gasteiger partial charge on any atom is -0.497 e. The van der Waals surface area contributed by atoms with Crippen LogP contribution in [0.4, 0.5) is 5.69 Å². The van der Waals surface area contributed by atoms with Crippen molar-refractivity contribution in [2.45, 2.75) is 37.8 Å². The van der Waals surface area contributed by atoms with Gasteiger partial charge in [-0.15, -0.1) is 0 Å². The van der Waals surface area contributed by atoms with Gasteiger partial charge in [-0.25, -0.2) is 8.42 Å². The first-order chi connectivity index (χ1) is 18.2. The number of halogens is 1. The van der Waals surface area contributed by atoms with E-state index in [9.17, 15) is 18.0 Å². The van der Waals surface area contributed by atoms with E-state index in [-0.39, 0.29) is 23.0 Å². The minimum atomic E-state index is -4.13. The van der Waals surface area contributed by atoms with Crippen LogP contribution in [0.5, 0.6) is 5.75 Å². The standard InChI is InChI=1S/C28H32ClN3O5S/c1-4-18-30-28(34)21(2)31(19-22-10-8-9-13-26(22)29)27(33)20-32(23-14-16-24(37-3)17-15-23)38(35,36)25-11-6-5-7-12-25/h5-17,21H,4,18-20H2,1-3H3,(H,30,34)/t21-/m0/s1. The van der Waals surface area contributed by atoms with E-state index in [4.69, 9.17) is 16.3 Å². The zero-order valence-electron chi connectivity index (χ0n) is 21.6. The first kappa shape index (κ1) is 29.0. The maximum atomic E-state index is 13.8. The van der Waals surface area contributed by atoms with Gasteiger partial charge < -0.3 is 15.0 Å². The van der Waals surface area contributed by atoms with Crippen LogP contribution in [0.2, 0.25) is 5.02 Å². The van der Waals surface area contributed by atoms with E-state index in [0.29, 0.717) is 22.9 Å². The highest BCUT2D eigenvalue weighted by Gasteiger charge is 2.32. The molecule has 0 unspecified atom stereocenters. The van der Waals surface area contributed by atoms with Crippen LogP contribution in [0, 0.1) is 0 Å². The van der Waals surface area contributed by atoms with Crippen LogP contribution in [0.15, 0.2) is 83.8 Å². The molecule has 0 heterocycles. The number of benzene rings is 3. The summed E-state index contributed by atoms with van der Waals surface area (Å²) in [5, 5.41) is 3.25. The molecule has 3 rings (SSSR count). The second kappa shape index (κ2) is 13.3. The van der Waals surface area contributed by atoms with Crippen LogP contribution < -0.4 is 14.4 Å². The summed E-state index contributed by atoms with van der Waals surface area (Å²) in [6, 6.07) is 20.4. The highest BCUT2D eigenvalue weighted by atomic mass is 35.5. The van der Waals surface area contributed by atoms with Crippen molar-refractivity contribution >= 4 is 39.1 Å². The third-order valence-corrected chi connectivity index (χ3v) is 8.14. The molecule has 0 aliphatic heterocycles. The maximum Gasteiger partial charge on any atom is 0.264 e. The number of ether oxygens (including phenoxy) is 1. The van der Waals surface area contributed by atoms with E-state index in [2.05, 4.69) is 5.32 Å². The topological polar surface area (TPSA) is 96.0 Å². The SMILES string of the molecule is CCCNC(=O)[C@H](C)N(Cc1ccccc1Cl)C(=O)CN(c1ccc(OC)cc1)S(=O)(=O)c1ccccc1. The van der Waals surface area contributed by atoms with E-state index >= 15 is 0 Å². The van der Waals surface area contributed by atoms with Crippen LogP contribution >= 0.6 is 11.6 Å². The van der Waals surface area contributed by atoms with E-state index in [1.165, 1.54) is 24.1 Å². The highest BCUT2D eigenvalue weighted by Crippen LogP contribution is 2.27. The Balaban J connectivity index is 2.02. The lowest BCUT2D eigenvalue weighted by atomic mass is 10.1. The van der Waals surface area contributed by atoms with Crippen molar-refractivity contribution in [1.82, 2.24) is 10.2 Å². The third-order valence-electron chi connectivity index (χ3n) is 5.99. The van der Waals surface area contributed by atoms with Gasteiger partial charge in [-0.2, -0.15) is 0 Å². The van der Waals surface area contributed by atoms with Gasteiger partial charge in [-0.1, -0.05) is 54.9 Å². The van der Waals surface area contributed by atoms with Crippen molar-refractivity contribution in [2.75, 3.05) is 24.5 Å². The van der Waals surface area contributed by atoms with E-state index in [1.54, 1.807) is 73.7 Å². The van der Waals surface area contributed by atoms with Crippen molar-refractivity contribution in [3.8, 4) is 5.75 Å². The van der Waals surface area contributed by atoms with Crippen LogP contribution in [-0.2, 0) is 26.2 Å². The van der Waals surface area contributed by atoms with Crippen molar-refractivity contribution < 1.29 is 22.7 Å². The van der Waals surface area contributed by atoms with Crippen molar-refractivity contribution in [3.05, 3.63) is 89.4 Å². The maximum absolute atomic E-state index is 13.8. The molecular formula is C28H32ClN3O5S. The lowest BCUT2D eigenvalue weighted by Crippen LogP contribution is -2.51. The molecule has 3 aromatic rings. The number of hydrogen-bond donors (Lipinski definition) is 1. The third kappa shape index (κ3) is 7.05. The molecule has 3 aromatic carbocycles. The Bertz CT molecular complexity index is 1330. The fraction of sp³-hybridized carbons (Fsp3) is 0.286. The molecule has 0 saturated carbocycles. The van der Waals surface area contributed by atoms with Crippen molar-refractivity contribution in [3.63, 3.8) is 0 Å². The molecule has 2 amide bonds. The molecule has 0 radical (unpaired) electrons. The van der Waals surface area contributed by atoms with E-state index in [1.807, 2.05) is 6.92 Å². The average Bonchev–Trinajstić information content (AvgIpc) is 2.94. The average molecular weight is 558 g/mol. The Morgan fingerprint density at radius 3 is 2.21 bits per heavy atom. The number of hydrogen-bond acceptors (Lipinski definition) is 5. The molecule has 38 heavy (non-hydrogen) atoms. The highest BCUT2D eigenvalue weighted by molar-refractivity contribution is 7.92. The van der Waals surface area contributed by atoms with Gasteiger partial charge in [0.1, 0.15) is 18.3 Å². The Labute approximate surface area is 229 Å². The molecule has 0 aliphatic rings. The molecule has 1 N–H and O–H groups in total. The number of anilines is 1. The smallest absolute Gasteiger partial charge is 0.264 e. The van der Waals surface area contributed by atoms with Gasteiger partial charge >= 0.3 is 0 Å². The summed E-state index contributed by atoms with van der Waals surface area (Å²) in [5.74, 6) is -0.354. The predicted octanol–water partition coefficient (Wildman–Crippen LogP) is 4.49. The molecule has 0 aliphatic carbocycles. The second-order valence-electron chi connectivity index (χ2n) is 8.60. The zero-order chi connectivity index (χ0) is 27.7. The summed E-state index contributed by atoms with van der Waals surface area (Å²) in [7, 11) is -2.62. The molecule has 0 bridgehead atoms. The first-order valence-corrected chi connectivity index (χ1v) is 14.0. The predicted molar refractivity (Wildman–Crippen MR) is 149 cm³/mol. The van der Waals surface area contributed by atoms with Crippen LogP contribution in [0.25, 0.3) is 0 Å². The van der Waals surface area contributed by atoms with Crippen LogP contribution in [-0.4, -0.2) is 51.4 Å². The number of nitrogens with zero attached hydrogens (tertiary/aromatic N) is 2. The fourth-order valence-electron chi connectivity index (χ4n) is 3.79. The number of carbonyl (C=O) groups is 2. The molecule has 8 nitrogen and oxygen atoms in total. The van der Waals surface area contributed by atoms with Crippen molar-refractivity contribution in [2.24, 2.45) is 0 Å². The van der Waals surface area contributed by atoms with Gasteiger partial charge in [-0.05, 0) is 61.4 Å². The number of carbonyl (C=O) groups excluding carboxylic acids is 2. The molecule has 0 spiro atoms. The van der Waals surface area contributed by atoms with Crippen LogP contribution in [0.3, 0.4) is 0 Å². The van der Waals surface area contributed by atoms with Crippen molar-refractivity contribution in [1.29, 1.82) is 0 Å². The number of sulfonamides is 1. The summed E-state index contributed by atoms with van der Waals surface area (Å²) in [5.41, 5.74) is 0.920. The molecule has 0 aromatic heterocycles. The minimum absolute atomic E-state index is 0.0288. The molecular weight excluding hydrogens is 526 g/mol. The molecule has 0 fully saturated rings. The molecule has 202 valence electrons.